The molecule has 3 unspecified atom stereocenters. The Balaban J connectivity index is 2.26. The van der Waals surface area contributed by atoms with E-state index in [0.717, 1.165) is 12.4 Å². The van der Waals surface area contributed by atoms with Crippen molar-refractivity contribution in [3.8, 4) is 0 Å². The Labute approximate surface area is 104 Å². The van der Waals surface area contributed by atoms with E-state index in [1.165, 1.54) is 19.3 Å². The predicted octanol–water partition coefficient (Wildman–Crippen LogP) is 1.85. The van der Waals surface area contributed by atoms with Gasteiger partial charge in [0.1, 0.15) is 0 Å². The number of fused-ring (bicyclic) bond motifs is 1. The Bertz CT molecular complexity index is 301. The van der Waals surface area contributed by atoms with Crippen molar-refractivity contribution in [1.29, 1.82) is 0 Å². The smallest absolute Gasteiger partial charge is 0.196 e. The molecule has 2 aliphatic rings. The third-order valence-corrected chi connectivity index (χ3v) is 4.54. The quantitative estimate of drug-likeness (QED) is 0.653. The fraction of sp³-hybridized carbons (Fsp3) is 0.917. The monoisotopic (exact) mass is 241 g/mol. The molecule has 3 nitrogen and oxygen atoms in total. The second kappa shape index (κ2) is 4.13. The van der Waals surface area contributed by atoms with E-state index in [1.54, 1.807) is 0 Å². The molecule has 0 aromatic heterocycles. The summed E-state index contributed by atoms with van der Waals surface area (Å²) >= 11 is 4.81. The van der Waals surface area contributed by atoms with E-state index < -0.39 is 0 Å². The number of nitrogens with zero attached hydrogens (tertiary/aromatic N) is 3. The highest BCUT2D eigenvalue weighted by atomic mass is 32.1. The Morgan fingerprint density at radius 3 is 2.56 bits per heavy atom. The maximum atomic E-state index is 4.81. The molecule has 16 heavy (non-hydrogen) atoms. The Morgan fingerprint density at radius 2 is 1.94 bits per heavy atom. The molecule has 1 aliphatic carbocycles. The summed E-state index contributed by atoms with van der Waals surface area (Å²) in [5.41, 5.74) is 0. The highest BCUT2D eigenvalue weighted by molar-refractivity contribution is 7.81. The van der Waals surface area contributed by atoms with E-state index in [0.29, 0.717) is 12.1 Å². The van der Waals surface area contributed by atoms with Crippen LogP contribution < -0.4 is 0 Å². The van der Waals surface area contributed by atoms with Gasteiger partial charge in [0.15, 0.2) is 5.96 Å². The normalized spacial score (nSPS) is 42.4. The Hall–Kier alpha value is -0.380. The van der Waals surface area contributed by atoms with Crippen LogP contribution in [-0.4, -0.2) is 53.7 Å². The van der Waals surface area contributed by atoms with Crippen LogP contribution >= 0.6 is 12.6 Å². The van der Waals surface area contributed by atoms with Gasteiger partial charge in [0.2, 0.25) is 0 Å². The van der Waals surface area contributed by atoms with Crippen molar-refractivity contribution >= 4 is 18.6 Å². The van der Waals surface area contributed by atoms with Crippen LogP contribution in [0.2, 0.25) is 0 Å². The standard InChI is InChI=1S/C12H23N3S/c1-12(16)7-5-6-9-10(8-12)15(4)11(13-2)14(9)3/h9-10,16H,5-8H2,1-4H3. The summed E-state index contributed by atoms with van der Waals surface area (Å²) in [5, 5.41) is 0. The molecule has 0 spiro atoms. The molecule has 1 heterocycles. The number of guanidine groups is 1. The van der Waals surface area contributed by atoms with Crippen LogP contribution in [0.15, 0.2) is 4.99 Å². The summed E-state index contributed by atoms with van der Waals surface area (Å²) in [5.74, 6) is 1.13. The molecule has 0 bridgehead atoms. The van der Waals surface area contributed by atoms with E-state index in [-0.39, 0.29) is 4.75 Å². The van der Waals surface area contributed by atoms with E-state index in [9.17, 15) is 0 Å². The molecular formula is C12H23N3S. The molecule has 0 amide bonds. The maximum Gasteiger partial charge on any atom is 0.196 e. The molecule has 1 saturated heterocycles. The molecule has 0 radical (unpaired) electrons. The molecule has 92 valence electrons. The van der Waals surface area contributed by atoms with Crippen molar-refractivity contribution in [3.63, 3.8) is 0 Å². The van der Waals surface area contributed by atoms with Gasteiger partial charge in [-0.05, 0) is 25.7 Å². The molecule has 3 atom stereocenters. The first kappa shape index (κ1) is 12.1. The van der Waals surface area contributed by atoms with Gasteiger partial charge in [0, 0.05) is 25.9 Å². The van der Waals surface area contributed by atoms with Crippen molar-refractivity contribution in [1.82, 2.24) is 9.80 Å². The molecule has 1 saturated carbocycles. The van der Waals surface area contributed by atoms with Crippen LogP contribution in [0.5, 0.6) is 0 Å². The molecule has 2 rings (SSSR count). The van der Waals surface area contributed by atoms with Crippen molar-refractivity contribution in [2.24, 2.45) is 4.99 Å². The van der Waals surface area contributed by atoms with Gasteiger partial charge < -0.3 is 9.80 Å². The predicted molar refractivity (Wildman–Crippen MR) is 72.3 cm³/mol. The average molecular weight is 241 g/mol. The lowest BCUT2D eigenvalue weighted by atomic mass is 9.97. The molecule has 1 aliphatic heterocycles. The van der Waals surface area contributed by atoms with Gasteiger partial charge in [0.05, 0.1) is 12.1 Å². The number of aliphatic imine (C=N–C) groups is 1. The zero-order chi connectivity index (χ0) is 11.9. The summed E-state index contributed by atoms with van der Waals surface area (Å²) in [6.45, 7) is 2.27. The van der Waals surface area contributed by atoms with Gasteiger partial charge in [-0.2, -0.15) is 12.6 Å². The van der Waals surface area contributed by atoms with Crippen LogP contribution in [-0.2, 0) is 0 Å². The largest absolute Gasteiger partial charge is 0.341 e. The minimum atomic E-state index is 0.178. The number of likely N-dealkylation sites (N-methyl/N-ethyl adjacent to an activating group) is 2. The number of rotatable bonds is 0. The molecule has 0 aromatic rings. The molecule has 0 aromatic carbocycles. The minimum absolute atomic E-state index is 0.178. The third-order valence-electron chi connectivity index (χ3n) is 4.13. The van der Waals surface area contributed by atoms with Gasteiger partial charge in [-0.3, -0.25) is 4.99 Å². The first-order valence-corrected chi connectivity index (χ1v) is 6.56. The summed E-state index contributed by atoms with van der Waals surface area (Å²) in [6, 6.07) is 1.20. The van der Waals surface area contributed by atoms with Gasteiger partial charge in [-0.25, -0.2) is 0 Å². The van der Waals surface area contributed by atoms with Crippen LogP contribution in [0.3, 0.4) is 0 Å². The maximum absolute atomic E-state index is 4.81. The van der Waals surface area contributed by atoms with E-state index >= 15 is 0 Å². The van der Waals surface area contributed by atoms with Gasteiger partial charge in [-0.1, -0.05) is 6.92 Å². The van der Waals surface area contributed by atoms with Gasteiger partial charge >= 0.3 is 0 Å². The Kier molecular flexibility index (Phi) is 3.12. The van der Waals surface area contributed by atoms with Crippen molar-refractivity contribution in [2.45, 2.75) is 49.4 Å². The van der Waals surface area contributed by atoms with Crippen LogP contribution in [0.25, 0.3) is 0 Å². The van der Waals surface area contributed by atoms with E-state index in [1.807, 2.05) is 7.05 Å². The number of hydrogen-bond donors (Lipinski definition) is 1. The first-order chi connectivity index (χ1) is 7.46. The zero-order valence-electron chi connectivity index (χ0n) is 10.8. The fourth-order valence-corrected chi connectivity index (χ4v) is 3.63. The molecule has 2 fully saturated rings. The average Bonchev–Trinajstić information content (AvgIpc) is 2.37. The number of thiol groups is 1. The fourth-order valence-electron chi connectivity index (χ4n) is 3.28. The van der Waals surface area contributed by atoms with Gasteiger partial charge in [0.25, 0.3) is 0 Å². The summed E-state index contributed by atoms with van der Waals surface area (Å²) in [4.78, 5) is 9.08. The lowest BCUT2D eigenvalue weighted by molar-refractivity contribution is 0.283. The lowest BCUT2D eigenvalue weighted by Crippen LogP contribution is -2.37. The molecule has 4 heteroatoms. The van der Waals surface area contributed by atoms with Crippen molar-refractivity contribution in [3.05, 3.63) is 0 Å². The topological polar surface area (TPSA) is 18.8 Å². The SMILES string of the molecule is CN=C1N(C)C2CCCC(C)(S)CC2N1C. The van der Waals surface area contributed by atoms with Crippen LogP contribution in [0.1, 0.15) is 32.6 Å². The molecular weight excluding hydrogens is 218 g/mol. The minimum Gasteiger partial charge on any atom is -0.341 e. The van der Waals surface area contributed by atoms with Crippen LogP contribution in [0.4, 0.5) is 0 Å². The van der Waals surface area contributed by atoms with Crippen molar-refractivity contribution < 1.29 is 0 Å². The van der Waals surface area contributed by atoms with E-state index in [4.69, 9.17) is 12.6 Å². The zero-order valence-corrected chi connectivity index (χ0v) is 11.7. The highest BCUT2D eigenvalue weighted by Gasteiger charge is 2.44. The second-order valence-corrected chi connectivity index (χ2v) is 6.55. The first-order valence-electron chi connectivity index (χ1n) is 6.11. The van der Waals surface area contributed by atoms with Gasteiger partial charge in [-0.15, -0.1) is 0 Å². The number of hydrogen-bond acceptors (Lipinski definition) is 2. The molecule has 0 N–H and O–H groups in total. The summed E-state index contributed by atoms with van der Waals surface area (Å²) < 4.78 is 0.178. The van der Waals surface area contributed by atoms with E-state index in [2.05, 4.69) is 35.8 Å². The summed E-state index contributed by atoms with van der Waals surface area (Å²) in [6.07, 6.45) is 4.92. The van der Waals surface area contributed by atoms with Crippen LogP contribution in [0, 0.1) is 0 Å². The lowest BCUT2D eigenvalue weighted by Gasteiger charge is -2.29. The second-order valence-electron chi connectivity index (χ2n) is 5.47. The Morgan fingerprint density at radius 1 is 1.31 bits per heavy atom. The third kappa shape index (κ3) is 1.92. The highest BCUT2D eigenvalue weighted by Crippen LogP contribution is 2.38. The summed E-state index contributed by atoms with van der Waals surface area (Å²) in [7, 11) is 6.22. The van der Waals surface area contributed by atoms with Crippen molar-refractivity contribution in [2.75, 3.05) is 21.1 Å².